The van der Waals surface area contributed by atoms with Crippen molar-refractivity contribution < 1.29 is 22.4 Å². The topological polar surface area (TPSA) is 59.3 Å². The molecule has 1 amide bonds. The molecule has 136 valence electrons. The second kappa shape index (κ2) is 6.73. The molecule has 0 aliphatic heterocycles. The molecule has 3 rings (SSSR count). The van der Waals surface area contributed by atoms with E-state index >= 15 is 0 Å². The van der Waals surface area contributed by atoms with Crippen LogP contribution in [-0.4, -0.2) is 20.5 Å². The Labute approximate surface area is 153 Å². The quantitative estimate of drug-likeness (QED) is 0.525. The van der Waals surface area contributed by atoms with E-state index in [0.29, 0.717) is 0 Å². The van der Waals surface area contributed by atoms with Crippen LogP contribution in [0, 0.1) is 5.82 Å². The first-order valence-electron chi connectivity index (χ1n) is 7.00. The highest BCUT2D eigenvalue weighted by Gasteiger charge is 2.31. The van der Waals surface area contributed by atoms with Gasteiger partial charge in [-0.15, -0.1) is 10.2 Å². The standard InChI is InChI=1S/C15H8Cl2F4N4O/c16-9-4-10(17)11(18)3-8(9)14(26)22-5-13-24-23-12-2-1-7(6-25(12)13)15(19,20)21/h1-4,6H,5H2,(H,22,26). The Morgan fingerprint density at radius 3 is 2.58 bits per heavy atom. The van der Waals surface area contributed by atoms with Crippen molar-refractivity contribution in [1.82, 2.24) is 19.9 Å². The van der Waals surface area contributed by atoms with E-state index in [4.69, 9.17) is 23.2 Å². The highest BCUT2D eigenvalue weighted by molar-refractivity contribution is 6.36. The van der Waals surface area contributed by atoms with E-state index in [1.165, 1.54) is 0 Å². The predicted molar refractivity (Wildman–Crippen MR) is 85.6 cm³/mol. The van der Waals surface area contributed by atoms with Gasteiger partial charge in [-0.3, -0.25) is 9.20 Å². The maximum absolute atomic E-state index is 13.5. The van der Waals surface area contributed by atoms with E-state index in [2.05, 4.69) is 15.5 Å². The van der Waals surface area contributed by atoms with Gasteiger partial charge in [0.1, 0.15) is 5.82 Å². The van der Waals surface area contributed by atoms with Crippen molar-refractivity contribution in [2.75, 3.05) is 0 Å². The average molecular weight is 407 g/mol. The highest BCUT2D eigenvalue weighted by atomic mass is 35.5. The highest BCUT2D eigenvalue weighted by Crippen LogP contribution is 2.29. The van der Waals surface area contributed by atoms with Crippen molar-refractivity contribution in [3.63, 3.8) is 0 Å². The average Bonchev–Trinajstić information content (AvgIpc) is 2.97. The number of halogens is 6. The Bertz CT molecular complexity index is 1000. The first kappa shape index (κ1) is 18.4. The van der Waals surface area contributed by atoms with E-state index in [1.54, 1.807) is 0 Å². The Kier molecular flexibility index (Phi) is 4.76. The number of rotatable bonds is 3. The van der Waals surface area contributed by atoms with Crippen LogP contribution in [0.2, 0.25) is 10.0 Å². The van der Waals surface area contributed by atoms with Gasteiger partial charge in [0, 0.05) is 6.20 Å². The third kappa shape index (κ3) is 3.58. The molecule has 0 fully saturated rings. The second-order valence-corrected chi connectivity index (χ2v) is 6.00. The fourth-order valence-corrected chi connectivity index (χ4v) is 2.65. The number of hydrogen-bond donors (Lipinski definition) is 1. The van der Waals surface area contributed by atoms with Crippen LogP contribution in [-0.2, 0) is 12.7 Å². The Hall–Kier alpha value is -2.39. The number of carbonyl (C=O) groups is 1. The first-order valence-corrected chi connectivity index (χ1v) is 7.76. The molecule has 0 saturated carbocycles. The van der Waals surface area contributed by atoms with Crippen molar-refractivity contribution in [2.24, 2.45) is 0 Å². The normalized spacial score (nSPS) is 11.8. The fourth-order valence-electron chi connectivity index (χ4n) is 2.18. The number of pyridine rings is 1. The van der Waals surface area contributed by atoms with Crippen LogP contribution in [0.4, 0.5) is 17.6 Å². The monoisotopic (exact) mass is 406 g/mol. The zero-order chi connectivity index (χ0) is 19.1. The Morgan fingerprint density at radius 2 is 1.88 bits per heavy atom. The molecule has 0 aliphatic rings. The second-order valence-electron chi connectivity index (χ2n) is 5.19. The zero-order valence-corrected chi connectivity index (χ0v) is 14.1. The summed E-state index contributed by atoms with van der Waals surface area (Å²) in [6.07, 6.45) is -3.71. The van der Waals surface area contributed by atoms with E-state index < -0.39 is 23.5 Å². The van der Waals surface area contributed by atoms with Crippen LogP contribution in [0.5, 0.6) is 0 Å². The molecule has 0 spiro atoms. The molecule has 0 atom stereocenters. The molecule has 2 heterocycles. The maximum Gasteiger partial charge on any atom is 0.417 e. The third-order valence-corrected chi connectivity index (χ3v) is 4.06. The summed E-state index contributed by atoms with van der Waals surface area (Å²) >= 11 is 11.4. The molecule has 0 radical (unpaired) electrons. The molecule has 26 heavy (non-hydrogen) atoms. The molecular formula is C15H8Cl2F4N4O. The number of benzene rings is 1. The lowest BCUT2D eigenvalue weighted by molar-refractivity contribution is -0.137. The van der Waals surface area contributed by atoms with Crippen LogP contribution in [0.3, 0.4) is 0 Å². The summed E-state index contributed by atoms with van der Waals surface area (Å²) < 4.78 is 53.1. The van der Waals surface area contributed by atoms with Gasteiger partial charge in [0.2, 0.25) is 0 Å². The van der Waals surface area contributed by atoms with Crippen LogP contribution in [0.1, 0.15) is 21.7 Å². The summed E-state index contributed by atoms with van der Waals surface area (Å²) in [5.74, 6) is -1.51. The molecule has 0 bridgehead atoms. The maximum atomic E-state index is 13.5. The lowest BCUT2D eigenvalue weighted by atomic mass is 10.2. The zero-order valence-electron chi connectivity index (χ0n) is 12.6. The summed E-state index contributed by atoms with van der Waals surface area (Å²) in [6.45, 7) is -0.248. The van der Waals surface area contributed by atoms with Crippen molar-refractivity contribution in [2.45, 2.75) is 12.7 Å². The van der Waals surface area contributed by atoms with Crippen LogP contribution in [0.15, 0.2) is 30.5 Å². The summed E-state index contributed by atoms with van der Waals surface area (Å²) in [6, 6.07) is 3.98. The molecular weight excluding hydrogens is 399 g/mol. The van der Waals surface area contributed by atoms with Gasteiger partial charge in [-0.05, 0) is 24.3 Å². The fraction of sp³-hybridized carbons (Fsp3) is 0.133. The minimum absolute atomic E-state index is 0.0602. The first-order chi connectivity index (χ1) is 12.2. The number of amides is 1. The third-order valence-electron chi connectivity index (χ3n) is 3.46. The number of fused-ring (bicyclic) bond motifs is 1. The number of alkyl halides is 3. The molecule has 0 unspecified atom stereocenters. The summed E-state index contributed by atoms with van der Waals surface area (Å²) in [4.78, 5) is 12.1. The minimum atomic E-state index is -4.53. The lowest BCUT2D eigenvalue weighted by Gasteiger charge is -2.09. The predicted octanol–water partition coefficient (Wildman–Crippen LogP) is 4.12. The number of nitrogens with zero attached hydrogens (tertiary/aromatic N) is 3. The molecule has 3 aromatic rings. The van der Waals surface area contributed by atoms with Crippen molar-refractivity contribution in [1.29, 1.82) is 0 Å². The molecule has 1 N–H and O–H groups in total. The van der Waals surface area contributed by atoms with Crippen LogP contribution in [0.25, 0.3) is 5.65 Å². The summed E-state index contributed by atoms with van der Waals surface area (Å²) in [7, 11) is 0. The molecule has 11 heteroatoms. The minimum Gasteiger partial charge on any atom is -0.345 e. The van der Waals surface area contributed by atoms with Gasteiger partial charge in [0.05, 0.1) is 27.7 Å². The molecule has 0 aliphatic carbocycles. The molecule has 2 aromatic heterocycles. The largest absolute Gasteiger partial charge is 0.417 e. The van der Waals surface area contributed by atoms with E-state index in [-0.39, 0.29) is 33.6 Å². The van der Waals surface area contributed by atoms with Gasteiger partial charge < -0.3 is 5.32 Å². The molecule has 0 saturated heterocycles. The number of nitrogens with one attached hydrogen (secondary N) is 1. The van der Waals surface area contributed by atoms with E-state index in [0.717, 1.165) is 34.9 Å². The van der Waals surface area contributed by atoms with E-state index in [9.17, 15) is 22.4 Å². The van der Waals surface area contributed by atoms with Gasteiger partial charge in [0.15, 0.2) is 11.5 Å². The van der Waals surface area contributed by atoms with Gasteiger partial charge in [-0.2, -0.15) is 13.2 Å². The SMILES string of the molecule is O=C(NCc1nnc2ccc(C(F)(F)F)cn12)c1cc(F)c(Cl)cc1Cl. The van der Waals surface area contributed by atoms with Crippen molar-refractivity contribution in [3.05, 3.63) is 63.3 Å². The molecule has 1 aromatic carbocycles. The van der Waals surface area contributed by atoms with Crippen LogP contribution < -0.4 is 5.32 Å². The Balaban J connectivity index is 1.84. The number of aromatic nitrogens is 3. The van der Waals surface area contributed by atoms with Gasteiger partial charge in [-0.25, -0.2) is 4.39 Å². The van der Waals surface area contributed by atoms with Gasteiger partial charge in [0.25, 0.3) is 5.91 Å². The van der Waals surface area contributed by atoms with Gasteiger partial charge >= 0.3 is 6.18 Å². The molecule has 5 nitrogen and oxygen atoms in total. The van der Waals surface area contributed by atoms with Crippen LogP contribution >= 0.6 is 23.2 Å². The number of hydrogen-bond acceptors (Lipinski definition) is 3. The summed E-state index contributed by atoms with van der Waals surface area (Å²) in [5, 5.41) is 9.56. The van der Waals surface area contributed by atoms with Crippen molar-refractivity contribution >= 4 is 34.8 Å². The summed E-state index contributed by atoms with van der Waals surface area (Å²) in [5.41, 5.74) is -0.878. The van der Waals surface area contributed by atoms with Gasteiger partial charge in [-0.1, -0.05) is 23.2 Å². The Morgan fingerprint density at radius 1 is 1.15 bits per heavy atom. The van der Waals surface area contributed by atoms with Crippen molar-refractivity contribution in [3.8, 4) is 0 Å². The smallest absolute Gasteiger partial charge is 0.345 e. The lowest BCUT2D eigenvalue weighted by Crippen LogP contribution is -2.24. The van der Waals surface area contributed by atoms with E-state index in [1.807, 2.05) is 0 Å². The number of carbonyl (C=O) groups excluding carboxylic acids is 1.